The summed E-state index contributed by atoms with van der Waals surface area (Å²) >= 11 is 0. The summed E-state index contributed by atoms with van der Waals surface area (Å²) in [6, 6.07) is 0.519. The zero-order valence-corrected chi connectivity index (χ0v) is 17.1. The molecule has 0 radical (unpaired) electrons. The molecule has 1 aliphatic carbocycles. The topological polar surface area (TPSA) is 74.5 Å². The van der Waals surface area contributed by atoms with E-state index in [0.29, 0.717) is 36.8 Å². The zero-order valence-electron chi connectivity index (χ0n) is 17.1. The lowest BCUT2D eigenvalue weighted by Gasteiger charge is -2.37. The van der Waals surface area contributed by atoms with E-state index < -0.39 is 0 Å². The van der Waals surface area contributed by atoms with E-state index in [0.717, 1.165) is 31.7 Å². The molecule has 2 amide bonds. The maximum atomic E-state index is 12.4. The fourth-order valence-electron chi connectivity index (χ4n) is 4.01. The van der Waals surface area contributed by atoms with E-state index in [2.05, 4.69) is 34.2 Å². The lowest BCUT2D eigenvalue weighted by molar-refractivity contribution is 0.124. The Morgan fingerprint density at radius 2 is 2.11 bits per heavy atom. The summed E-state index contributed by atoms with van der Waals surface area (Å²) in [4.78, 5) is 21.0. The van der Waals surface area contributed by atoms with E-state index in [1.165, 1.54) is 32.2 Å². The number of carbonyl (C=O) groups excluding carboxylic acids is 1. The van der Waals surface area contributed by atoms with Crippen LogP contribution < -0.4 is 5.32 Å². The van der Waals surface area contributed by atoms with Gasteiger partial charge in [-0.15, -0.1) is 0 Å². The van der Waals surface area contributed by atoms with Crippen molar-refractivity contribution in [2.75, 3.05) is 26.7 Å². The van der Waals surface area contributed by atoms with Gasteiger partial charge in [0.1, 0.15) is 0 Å². The molecule has 1 saturated heterocycles. The van der Waals surface area contributed by atoms with Gasteiger partial charge in [0.2, 0.25) is 5.89 Å². The molecule has 0 bridgehead atoms. The molecule has 1 aromatic heterocycles. The van der Waals surface area contributed by atoms with Crippen LogP contribution >= 0.6 is 0 Å². The molecule has 1 saturated carbocycles. The summed E-state index contributed by atoms with van der Waals surface area (Å²) in [6.07, 6.45) is 8.35. The quantitative estimate of drug-likeness (QED) is 0.752. The largest absolute Gasteiger partial charge is 0.339 e. The van der Waals surface area contributed by atoms with Crippen molar-refractivity contribution in [2.24, 2.45) is 5.92 Å². The predicted molar refractivity (Wildman–Crippen MR) is 104 cm³/mol. The molecule has 0 aromatic carbocycles. The van der Waals surface area contributed by atoms with Crippen molar-refractivity contribution in [2.45, 2.75) is 77.3 Å². The van der Waals surface area contributed by atoms with E-state index in [1.54, 1.807) is 11.9 Å². The van der Waals surface area contributed by atoms with Crippen LogP contribution in [0.15, 0.2) is 4.52 Å². The lowest BCUT2D eigenvalue weighted by Crippen LogP contribution is -2.44. The van der Waals surface area contributed by atoms with Gasteiger partial charge in [-0.3, -0.25) is 0 Å². The van der Waals surface area contributed by atoms with Crippen LogP contribution in [-0.2, 0) is 6.54 Å². The number of amides is 2. The Morgan fingerprint density at radius 3 is 2.81 bits per heavy atom. The first-order chi connectivity index (χ1) is 13.0. The number of piperidine rings is 1. The highest BCUT2D eigenvalue weighted by Gasteiger charge is 2.26. The Hall–Kier alpha value is -1.63. The second kappa shape index (κ2) is 9.53. The highest BCUT2D eigenvalue weighted by Crippen LogP contribution is 2.35. The third kappa shape index (κ3) is 5.67. The fraction of sp³-hybridized carbons (Fsp3) is 0.850. The van der Waals surface area contributed by atoms with Crippen molar-refractivity contribution < 1.29 is 9.32 Å². The first kappa shape index (κ1) is 20.1. The number of likely N-dealkylation sites (tertiary alicyclic amines) is 1. The molecule has 2 fully saturated rings. The van der Waals surface area contributed by atoms with Crippen LogP contribution in [0.3, 0.4) is 0 Å². The molecule has 1 N–H and O–H groups in total. The van der Waals surface area contributed by atoms with Crippen LogP contribution in [0.4, 0.5) is 4.79 Å². The van der Waals surface area contributed by atoms with Crippen LogP contribution in [0.5, 0.6) is 0 Å². The third-order valence-electron chi connectivity index (χ3n) is 5.77. The van der Waals surface area contributed by atoms with E-state index in [9.17, 15) is 4.79 Å². The summed E-state index contributed by atoms with van der Waals surface area (Å²) in [7, 11) is 1.78. The molecule has 27 heavy (non-hydrogen) atoms. The number of carbonyl (C=O) groups is 1. The predicted octanol–water partition coefficient (Wildman–Crippen LogP) is 3.38. The van der Waals surface area contributed by atoms with Crippen molar-refractivity contribution in [1.82, 2.24) is 25.3 Å². The number of nitrogens with zero attached hydrogens (tertiary/aromatic N) is 4. The summed E-state index contributed by atoms with van der Waals surface area (Å²) in [5.41, 5.74) is 0. The summed E-state index contributed by atoms with van der Waals surface area (Å²) in [5.74, 6) is 2.43. The Morgan fingerprint density at radius 1 is 1.30 bits per heavy atom. The highest BCUT2D eigenvalue weighted by molar-refractivity contribution is 5.73. The molecule has 0 unspecified atom stereocenters. The first-order valence-corrected chi connectivity index (χ1v) is 10.6. The molecule has 152 valence electrons. The summed E-state index contributed by atoms with van der Waals surface area (Å²) in [5, 5.41) is 7.07. The molecule has 7 heteroatoms. The van der Waals surface area contributed by atoms with Gasteiger partial charge in [0, 0.05) is 32.1 Å². The minimum absolute atomic E-state index is 0.0730. The molecular weight excluding hydrogens is 342 g/mol. The summed E-state index contributed by atoms with van der Waals surface area (Å²) in [6.45, 7) is 7.98. The second-order valence-corrected chi connectivity index (χ2v) is 8.59. The maximum Gasteiger partial charge on any atom is 0.317 e. The van der Waals surface area contributed by atoms with E-state index >= 15 is 0 Å². The molecule has 1 aromatic rings. The molecule has 7 nitrogen and oxygen atoms in total. The molecule has 2 heterocycles. The minimum Gasteiger partial charge on any atom is -0.339 e. The van der Waals surface area contributed by atoms with Gasteiger partial charge in [0.15, 0.2) is 5.82 Å². The summed E-state index contributed by atoms with van der Waals surface area (Å²) < 4.78 is 5.33. The average Bonchev–Trinajstić information content (AvgIpc) is 3.02. The van der Waals surface area contributed by atoms with Crippen LogP contribution in [0.25, 0.3) is 0 Å². The Balaban J connectivity index is 1.39. The van der Waals surface area contributed by atoms with Crippen molar-refractivity contribution >= 4 is 6.03 Å². The lowest BCUT2D eigenvalue weighted by atomic mass is 9.85. The van der Waals surface area contributed by atoms with E-state index in [-0.39, 0.29) is 6.03 Å². The number of nitrogens with one attached hydrogen (secondary N) is 1. The molecule has 3 rings (SSSR count). The van der Waals surface area contributed by atoms with Crippen molar-refractivity contribution in [3.8, 4) is 0 Å². The van der Waals surface area contributed by atoms with Crippen LogP contribution in [0.1, 0.15) is 76.4 Å². The van der Waals surface area contributed by atoms with Gasteiger partial charge in [-0.05, 0) is 44.6 Å². The van der Waals surface area contributed by atoms with Crippen molar-refractivity contribution in [1.29, 1.82) is 0 Å². The fourth-order valence-corrected chi connectivity index (χ4v) is 4.01. The van der Waals surface area contributed by atoms with Gasteiger partial charge >= 0.3 is 6.03 Å². The number of urea groups is 1. The van der Waals surface area contributed by atoms with Gasteiger partial charge in [-0.1, -0.05) is 31.8 Å². The highest BCUT2D eigenvalue weighted by atomic mass is 16.5. The first-order valence-electron chi connectivity index (χ1n) is 10.6. The second-order valence-electron chi connectivity index (χ2n) is 8.59. The number of hydrogen-bond donors (Lipinski definition) is 1. The third-order valence-corrected chi connectivity index (χ3v) is 5.77. The van der Waals surface area contributed by atoms with Crippen molar-refractivity contribution in [3.05, 3.63) is 11.7 Å². The van der Waals surface area contributed by atoms with Crippen LogP contribution in [0, 0.1) is 5.92 Å². The molecule has 1 aliphatic heterocycles. The zero-order chi connectivity index (χ0) is 19.2. The van der Waals surface area contributed by atoms with Gasteiger partial charge < -0.3 is 19.6 Å². The van der Waals surface area contributed by atoms with Crippen LogP contribution in [-0.4, -0.2) is 58.7 Å². The number of aromatic nitrogens is 2. The van der Waals surface area contributed by atoms with Gasteiger partial charge in [0.25, 0.3) is 0 Å². The number of rotatable bonds is 8. The maximum absolute atomic E-state index is 12.4. The van der Waals surface area contributed by atoms with Gasteiger partial charge in [-0.2, -0.15) is 4.98 Å². The smallest absolute Gasteiger partial charge is 0.317 e. The molecule has 0 spiro atoms. The van der Waals surface area contributed by atoms with Gasteiger partial charge in [-0.25, -0.2) is 4.79 Å². The Bertz CT molecular complexity index is 599. The molecule has 1 atom stereocenters. The average molecular weight is 378 g/mol. The monoisotopic (exact) mass is 377 g/mol. The van der Waals surface area contributed by atoms with E-state index in [4.69, 9.17) is 4.52 Å². The molecule has 2 aliphatic rings. The van der Waals surface area contributed by atoms with E-state index in [1.807, 2.05) is 0 Å². The normalized spacial score (nSPS) is 21.3. The van der Waals surface area contributed by atoms with Gasteiger partial charge in [0.05, 0.1) is 6.54 Å². The Kier molecular flexibility index (Phi) is 7.10. The number of hydrogen-bond acceptors (Lipinski definition) is 5. The van der Waals surface area contributed by atoms with Crippen LogP contribution in [0.2, 0.25) is 0 Å². The minimum atomic E-state index is -0.0730. The Labute approximate surface area is 162 Å². The standard InChI is InChI=1S/C20H35N5O2/c1-15(2)13-25-12-5-4-9-17(25)10-11-21-20(26)24(3)14-18-22-19(27-23-18)16-7-6-8-16/h15-17H,4-14H2,1-3H3,(H,21,26)/t17-/m1/s1. The SMILES string of the molecule is CC(C)CN1CCCC[C@@H]1CCNC(=O)N(C)Cc1noc(C2CCC2)n1. The molecular formula is C20H35N5O2. The van der Waals surface area contributed by atoms with Crippen molar-refractivity contribution in [3.63, 3.8) is 0 Å².